The SMILES string of the molecule is CCN=C(/C=C(/C)N)C(=O)Nc1nc2cc(C(N)=O)cc(OC)c2n1C/C=C/C[n+]1c(NC(=O)C(/C=C(/C)N)=NCC)[nH]c2cc(C(=O)NN)cc(OCCCN3CCOCC3)c21. The van der Waals surface area contributed by atoms with E-state index >= 15 is 0 Å². The summed E-state index contributed by atoms with van der Waals surface area (Å²) < 4.78 is 21.0. The molecule has 21 nitrogen and oxygen atoms in total. The average Bonchev–Trinajstić information content (AvgIpc) is 3.78. The Morgan fingerprint density at radius 1 is 0.921 bits per heavy atom. The number of aromatic nitrogens is 4. The lowest BCUT2D eigenvalue weighted by Crippen LogP contribution is -2.38. The van der Waals surface area contributed by atoms with Crippen molar-refractivity contribution in [3.05, 3.63) is 71.1 Å². The third kappa shape index (κ3) is 12.1. The number of nitrogen functional groups attached to an aromatic ring is 1. The van der Waals surface area contributed by atoms with E-state index in [1.165, 1.54) is 31.4 Å². The van der Waals surface area contributed by atoms with Crippen LogP contribution in [-0.2, 0) is 27.4 Å². The maximum absolute atomic E-state index is 13.7. The molecule has 21 heteroatoms. The second kappa shape index (κ2) is 22.1. The van der Waals surface area contributed by atoms with Gasteiger partial charge in [0, 0.05) is 61.8 Å². The Morgan fingerprint density at radius 3 is 2.17 bits per heavy atom. The summed E-state index contributed by atoms with van der Waals surface area (Å²) in [6.45, 7) is 11.9. The molecule has 0 radical (unpaired) electrons. The van der Waals surface area contributed by atoms with Crippen LogP contribution in [0.2, 0.25) is 0 Å². The molecular weight excluding hydrogens is 813 g/mol. The third-order valence-electron chi connectivity index (χ3n) is 9.60. The molecular formula is C42H57N14O7+. The molecule has 0 saturated carbocycles. The van der Waals surface area contributed by atoms with Gasteiger partial charge in [-0.1, -0.05) is 12.2 Å². The fourth-order valence-corrected chi connectivity index (χ4v) is 6.83. The highest BCUT2D eigenvalue weighted by atomic mass is 16.5. The number of nitrogens with one attached hydrogen (secondary N) is 4. The summed E-state index contributed by atoms with van der Waals surface area (Å²) >= 11 is 0. The number of fused-ring (bicyclic) bond motifs is 2. The lowest BCUT2D eigenvalue weighted by molar-refractivity contribution is -0.646. The Bertz CT molecular complexity index is 2480. The quantitative estimate of drug-likeness (QED) is 0.0119. The topological polar surface area (TPSA) is 302 Å². The molecule has 0 atom stereocenters. The molecule has 0 unspecified atom stereocenters. The van der Waals surface area contributed by atoms with Gasteiger partial charge in [0.15, 0.2) is 11.3 Å². The maximum Gasteiger partial charge on any atom is 0.363 e. The number of carbonyl (C=O) groups is 4. The van der Waals surface area contributed by atoms with E-state index in [9.17, 15) is 19.2 Å². The van der Waals surface area contributed by atoms with Crippen molar-refractivity contribution in [2.45, 2.75) is 47.2 Å². The van der Waals surface area contributed by atoms with Crippen LogP contribution >= 0.6 is 0 Å². The molecule has 4 amide bonds. The molecule has 1 aliphatic rings. The van der Waals surface area contributed by atoms with E-state index in [0.717, 1.165) is 19.6 Å². The van der Waals surface area contributed by atoms with Crippen LogP contribution in [0, 0.1) is 0 Å². The molecule has 0 spiro atoms. The fraction of sp³-hybridized carbons (Fsp3) is 0.381. The van der Waals surface area contributed by atoms with E-state index in [4.69, 9.17) is 37.3 Å². The number of morpholine rings is 1. The Kier molecular flexibility index (Phi) is 16.5. The number of benzene rings is 2. The summed E-state index contributed by atoms with van der Waals surface area (Å²) in [7, 11) is 1.45. The largest absolute Gasteiger partial charge is 0.494 e. The van der Waals surface area contributed by atoms with E-state index < -0.39 is 23.6 Å². The van der Waals surface area contributed by atoms with E-state index in [1.807, 2.05) is 12.2 Å². The number of aromatic amines is 1. The zero-order chi connectivity index (χ0) is 45.6. The van der Waals surface area contributed by atoms with Gasteiger partial charge in [0.2, 0.25) is 11.9 Å². The smallest absolute Gasteiger partial charge is 0.363 e. The van der Waals surface area contributed by atoms with Gasteiger partial charge in [-0.3, -0.25) is 40.0 Å². The second-order valence-electron chi connectivity index (χ2n) is 14.4. The standard InChI is InChI=1S/C42H56N14O7/c1-6-47-31(19-25(3)43)39(59)51-41-49-29-21-27(37(45)57)23-33(61-5)35(29)55(41)12-8-9-13-56-36-30(50-42(56)52-40(60)32(48-7-2)20-26(4)44)22-28(38(58)53-46)24-34(36)63-16-10-11-54-14-17-62-18-15-54/h8-9,19-24H,6-7,10-18H2,1-5H3,(H11,43,44,45,46,47,48,49,50,51,52,53,57,58,59,60)/p+1/b9-8+. The summed E-state index contributed by atoms with van der Waals surface area (Å²) in [6.07, 6.45) is 7.30. The molecule has 0 aliphatic carbocycles. The fourth-order valence-electron chi connectivity index (χ4n) is 6.83. The molecule has 5 rings (SSSR count). The van der Waals surface area contributed by atoms with Gasteiger partial charge in [0.1, 0.15) is 28.2 Å². The molecule has 63 heavy (non-hydrogen) atoms. The number of allylic oxidation sites excluding steroid dienone is 4. The number of H-pyrrole nitrogens is 1. The van der Waals surface area contributed by atoms with Crippen LogP contribution in [0.4, 0.5) is 11.9 Å². The predicted octanol–water partition coefficient (Wildman–Crippen LogP) is 1.40. The van der Waals surface area contributed by atoms with Gasteiger partial charge in [0.05, 0.1) is 39.0 Å². The summed E-state index contributed by atoms with van der Waals surface area (Å²) in [5.74, 6) is 4.26. The van der Waals surface area contributed by atoms with Crippen LogP contribution in [0.25, 0.3) is 22.1 Å². The second-order valence-corrected chi connectivity index (χ2v) is 14.4. The highest BCUT2D eigenvalue weighted by molar-refractivity contribution is 6.47. The number of carbonyl (C=O) groups excluding carboxylic acids is 4. The van der Waals surface area contributed by atoms with Crippen LogP contribution in [-0.4, -0.2) is 114 Å². The number of methoxy groups -OCH3 is 1. The summed E-state index contributed by atoms with van der Waals surface area (Å²) in [5.41, 5.74) is 22.8. The first kappa shape index (κ1) is 47.0. The molecule has 1 aliphatic heterocycles. The highest BCUT2D eigenvalue weighted by Crippen LogP contribution is 2.31. The van der Waals surface area contributed by atoms with E-state index in [0.29, 0.717) is 78.5 Å². The Labute approximate surface area is 364 Å². The predicted molar refractivity (Wildman–Crippen MR) is 241 cm³/mol. The number of hydrogen-bond acceptors (Lipinski definition) is 14. The Balaban J connectivity index is 1.58. The van der Waals surface area contributed by atoms with Crippen molar-refractivity contribution in [1.29, 1.82) is 0 Å². The number of anilines is 2. The minimum absolute atomic E-state index is 0.0947. The van der Waals surface area contributed by atoms with Crippen LogP contribution in [0.1, 0.15) is 54.8 Å². The monoisotopic (exact) mass is 869 g/mol. The van der Waals surface area contributed by atoms with E-state index in [2.05, 4.69) is 40.9 Å². The van der Waals surface area contributed by atoms with Gasteiger partial charge >= 0.3 is 11.9 Å². The Hall–Kier alpha value is -7.10. The number of amides is 4. The summed E-state index contributed by atoms with van der Waals surface area (Å²) in [6, 6.07) is 6.21. The number of aliphatic imine (C=N–C) groups is 2. The van der Waals surface area contributed by atoms with Crippen LogP contribution < -0.4 is 53.1 Å². The number of nitrogens with two attached hydrogens (primary N) is 4. The van der Waals surface area contributed by atoms with Crippen LogP contribution in [0.5, 0.6) is 11.5 Å². The average molecular weight is 870 g/mol. The van der Waals surface area contributed by atoms with Crippen molar-refractivity contribution in [3.63, 3.8) is 0 Å². The zero-order valence-corrected chi connectivity index (χ0v) is 36.2. The van der Waals surface area contributed by atoms with E-state index in [-0.39, 0.29) is 53.3 Å². The molecule has 1 saturated heterocycles. The van der Waals surface area contributed by atoms with Crippen molar-refractivity contribution in [1.82, 2.24) is 24.9 Å². The maximum atomic E-state index is 13.7. The Morgan fingerprint density at radius 2 is 1.57 bits per heavy atom. The number of nitrogens with zero attached hydrogens (tertiary/aromatic N) is 6. The first-order valence-corrected chi connectivity index (χ1v) is 20.4. The first-order valence-electron chi connectivity index (χ1n) is 20.4. The molecule has 1 fully saturated rings. The van der Waals surface area contributed by atoms with Gasteiger partial charge in [0.25, 0.3) is 11.8 Å². The lowest BCUT2D eigenvalue weighted by Gasteiger charge is -2.26. The molecule has 336 valence electrons. The summed E-state index contributed by atoms with van der Waals surface area (Å²) in [5, 5.41) is 5.76. The number of hydrazine groups is 1. The van der Waals surface area contributed by atoms with Gasteiger partial charge in [-0.2, -0.15) is 0 Å². The molecule has 0 bridgehead atoms. The molecule has 3 heterocycles. The van der Waals surface area contributed by atoms with Crippen molar-refractivity contribution >= 4 is 69.0 Å². The number of ether oxygens (including phenoxy) is 3. The van der Waals surface area contributed by atoms with Crippen molar-refractivity contribution < 1.29 is 38.0 Å². The van der Waals surface area contributed by atoms with Crippen LogP contribution in [0.3, 0.4) is 0 Å². The summed E-state index contributed by atoms with van der Waals surface area (Å²) in [4.78, 5) is 71.2. The molecule has 2 aromatic carbocycles. The van der Waals surface area contributed by atoms with Crippen LogP contribution in [0.15, 0.2) is 69.9 Å². The normalized spacial score (nSPS) is 14.4. The number of hydrogen-bond donors (Lipinski definition) is 8. The number of rotatable bonds is 20. The van der Waals surface area contributed by atoms with Gasteiger partial charge in [-0.15, -0.1) is 0 Å². The molecule has 12 N–H and O–H groups in total. The third-order valence-corrected chi connectivity index (χ3v) is 9.60. The lowest BCUT2D eigenvalue weighted by atomic mass is 10.1. The van der Waals surface area contributed by atoms with E-state index in [1.54, 1.807) is 49.0 Å². The minimum atomic E-state index is -0.687. The number of primary amides is 1. The van der Waals surface area contributed by atoms with Crippen molar-refractivity contribution in [2.75, 3.05) is 70.3 Å². The van der Waals surface area contributed by atoms with Gasteiger partial charge in [-0.25, -0.2) is 30.5 Å². The van der Waals surface area contributed by atoms with Crippen molar-refractivity contribution in [2.24, 2.45) is 33.0 Å². The molecule has 4 aromatic rings. The van der Waals surface area contributed by atoms with Gasteiger partial charge < -0.3 is 36.0 Å². The molecule has 2 aromatic heterocycles. The highest BCUT2D eigenvalue weighted by Gasteiger charge is 2.27. The zero-order valence-electron chi connectivity index (χ0n) is 36.2. The number of imidazole rings is 2. The van der Waals surface area contributed by atoms with Gasteiger partial charge in [-0.05, 0) is 70.5 Å². The minimum Gasteiger partial charge on any atom is -0.494 e. The first-order chi connectivity index (χ1) is 30.3. The van der Waals surface area contributed by atoms with Crippen molar-refractivity contribution in [3.8, 4) is 11.5 Å².